The van der Waals surface area contributed by atoms with Crippen molar-refractivity contribution in [1.29, 1.82) is 0 Å². The van der Waals surface area contributed by atoms with E-state index in [1.165, 1.54) is 26.7 Å². The highest BCUT2D eigenvalue weighted by atomic mass is 35.5. The molecule has 0 saturated carbocycles. The van der Waals surface area contributed by atoms with Gasteiger partial charge in [0.15, 0.2) is 0 Å². The monoisotopic (exact) mass is 876 g/mol. The third kappa shape index (κ3) is 9.65. The molecule has 7 rings (SSSR count). The molecule has 0 radical (unpaired) electrons. The average Bonchev–Trinajstić information content (AvgIpc) is 3.92. The van der Waals surface area contributed by atoms with E-state index >= 15 is 0 Å². The number of carboxylic acids is 2. The van der Waals surface area contributed by atoms with E-state index in [1.54, 1.807) is 74.1 Å². The summed E-state index contributed by atoms with van der Waals surface area (Å²) in [6.45, 7) is 4.17. The summed E-state index contributed by atoms with van der Waals surface area (Å²) < 4.78 is 1.34. The van der Waals surface area contributed by atoms with E-state index in [4.69, 9.17) is 42.4 Å². The Morgan fingerprint density at radius 3 is 1.32 bits per heavy atom. The molecule has 0 fully saturated rings. The number of aliphatic carboxylic acids is 2. The van der Waals surface area contributed by atoms with Crippen molar-refractivity contribution >= 4 is 127 Å². The molecule has 270 valence electrons. The standard InChI is InChI=1S/C34H22Cl2O4S7.2CO2/c1-15-9-25(44-31(15)21-5-8-24(42-21)34-18(14-30(39)40)12-28(36)47-34)19-3-4-20(41-19)26-11-17(13-29(37)38)33(45-26)23-7-6-22(43-23)32-16(2)10-27(35)46-32;2*2-1-3/h3-12H,13-14H2,1-2H3,(H,37,38)(H,39,40);;. The van der Waals surface area contributed by atoms with Gasteiger partial charge in [-0.15, -0.1) is 79.4 Å². The Labute approximate surface area is 339 Å². The first-order valence-corrected chi connectivity index (χ1v) is 21.3. The van der Waals surface area contributed by atoms with E-state index in [-0.39, 0.29) is 25.1 Å². The van der Waals surface area contributed by atoms with Gasteiger partial charge in [0.05, 0.1) is 21.5 Å². The first-order chi connectivity index (χ1) is 25.3. The van der Waals surface area contributed by atoms with E-state index in [0.717, 1.165) is 69.8 Å². The molecule has 0 spiro atoms. The summed E-state index contributed by atoms with van der Waals surface area (Å²) in [6.07, 6.45) is 0.406. The molecule has 17 heteroatoms. The lowest BCUT2D eigenvalue weighted by Gasteiger charge is -1.98. The van der Waals surface area contributed by atoms with Crippen molar-refractivity contribution in [3.63, 3.8) is 0 Å². The summed E-state index contributed by atoms with van der Waals surface area (Å²) in [7, 11) is 0. The second kappa shape index (κ2) is 18.0. The first-order valence-electron chi connectivity index (χ1n) is 14.9. The van der Waals surface area contributed by atoms with Gasteiger partial charge in [0, 0.05) is 58.5 Å². The van der Waals surface area contributed by atoms with Crippen LogP contribution in [0, 0.1) is 13.8 Å². The summed E-state index contributed by atoms with van der Waals surface area (Å²) in [4.78, 5) is 68.8. The maximum atomic E-state index is 11.8. The molecule has 2 N–H and O–H groups in total. The molecule has 53 heavy (non-hydrogen) atoms. The van der Waals surface area contributed by atoms with Gasteiger partial charge in [0.25, 0.3) is 0 Å². The van der Waals surface area contributed by atoms with Crippen molar-refractivity contribution in [1.82, 2.24) is 0 Å². The van der Waals surface area contributed by atoms with Crippen molar-refractivity contribution in [3.8, 4) is 58.5 Å². The zero-order chi connectivity index (χ0) is 38.4. The molecule has 0 saturated heterocycles. The van der Waals surface area contributed by atoms with Crippen LogP contribution in [-0.4, -0.2) is 34.5 Å². The third-order valence-electron chi connectivity index (χ3n) is 7.28. The summed E-state index contributed by atoms with van der Waals surface area (Å²) >= 11 is 23.9. The van der Waals surface area contributed by atoms with E-state index in [1.807, 2.05) is 18.2 Å². The van der Waals surface area contributed by atoms with Crippen LogP contribution in [0.25, 0.3) is 58.5 Å². The highest BCUT2D eigenvalue weighted by Crippen LogP contribution is 2.50. The number of halogens is 2. The number of carbonyl (C=O) groups is 2. The lowest BCUT2D eigenvalue weighted by Crippen LogP contribution is -1.99. The molecule has 7 aromatic rings. The van der Waals surface area contributed by atoms with Crippen LogP contribution in [0.3, 0.4) is 0 Å². The highest BCUT2D eigenvalue weighted by Gasteiger charge is 2.21. The van der Waals surface area contributed by atoms with Gasteiger partial charge in [-0.2, -0.15) is 19.2 Å². The Kier molecular flexibility index (Phi) is 13.7. The maximum Gasteiger partial charge on any atom is 0.373 e. The highest BCUT2D eigenvalue weighted by molar-refractivity contribution is 7.31. The van der Waals surface area contributed by atoms with E-state index in [9.17, 15) is 19.8 Å². The zero-order valence-corrected chi connectivity index (χ0v) is 34.4. The second-order valence-electron chi connectivity index (χ2n) is 10.9. The fraction of sp³-hybridized carbons (Fsp3) is 0.111. The van der Waals surface area contributed by atoms with Gasteiger partial charge < -0.3 is 10.2 Å². The van der Waals surface area contributed by atoms with Crippen LogP contribution in [0.4, 0.5) is 0 Å². The first kappa shape index (κ1) is 40.4. The minimum atomic E-state index is -0.876. The topological polar surface area (TPSA) is 143 Å². The second-order valence-corrected chi connectivity index (χ2v) is 19.6. The van der Waals surface area contributed by atoms with Gasteiger partial charge in [0.1, 0.15) is 0 Å². The van der Waals surface area contributed by atoms with Crippen LogP contribution in [0.2, 0.25) is 8.67 Å². The van der Waals surface area contributed by atoms with E-state index < -0.39 is 11.9 Å². The Morgan fingerprint density at radius 1 is 0.491 bits per heavy atom. The fourth-order valence-corrected chi connectivity index (χ4v) is 14.0. The average molecular weight is 878 g/mol. The molecule has 0 bridgehead atoms. The summed E-state index contributed by atoms with van der Waals surface area (Å²) in [5.74, 6) is -1.72. The minimum Gasteiger partial charge on any atom is -0.481 e. The van der Waals surface area contributed by atoms with Crippen molar-refractivity contribution < 1.29 is 39.0 Å². The largest absolute Gasteiger partial charge is 0.481 e. The molecule has 7 heterocycles. The maximum absolute atomic E-state index is 11.8. The Balaban J connectivity index is 0.000000847. The van der Waals surface area contributed by atoms with Crippen LogP contribution in [0.1, 0.15) is 22.3 Å². The summed E-state index contributed by atoms with van der Waals surface area (Å²) in [6, 6.07) is 20.6. The SMILES string of the molecule is Cc1cc(Cl)sc1-c1ccc(-c2sc(-c3ccc(-c4cc(C)c(-c5ccc(-c6sc(Cl)cc6CC(=O)O)s5)s4)s3)cc2CC(=O)O)s1.O=C=O.O=C=O. The van der Waals surface area contributed by atoms with Gasteiger partial charge >= 0.3 is 24.2 Å². The molecule has 8 nitrogen and oxygen atoms in total. The van der Waals surface area contributed by atoms with Crippen molar-refractivity contribution in [2.24, 2.45) is 0 Å². The molecule has 0 atom stereocenters. The number of carboxylic acid groups (broad SMARTS) is 2. The molecule has 0 aromatic carbocycles. The smallest absolute Gasteiger partial charge is 0.373 e. The predicted octanol–water partition coefficient (Wildman–Crippen LogP) is 12.1. The Bertz CT molecular complexity index is 2480. The Morgan fingerprint density at radius 2 is 0.830 bits per heavy atom. The van der Waals surface area contributed by atoms with E-state index in [2.05, 4.69) is 50.2 Å². The van der Waals surface area contributed by atoms with Gasteiger partial charge in [-0.1, -0.05) is 23.2 Å². The third-order valence-corrected chi connectivity index (χ3v) is 16.7. The van der Waals surface area contributed by atoms with Crippen LogP contribution in [0.5, 0.6) is 0 Å². The molecular formula is C36H22Cl2O8S7. The van der Waals surface area contributed by atoms with Gasteiger partial charge in [-0.3, -0.25) is 9.59 Å². The van der Waals surface area contributed by atoms with Crippen LogP contribution < -0.4 is 0 Å². The molecular weight excluding hydrogens is 856 g/mol. The van der Waals surface area contributed by atoms with Crippen LogP contribution >= 0.6 is 103 Å². The predicted molar refractivity (Wildman–Crippen MR) is 216 cm³/mol. The summed E-state index contributed by atoms with van der Waals surface area (Å²) in [5.41, 5.74) is 3.88. The zero-order valence-electron chi connectivity index (χ0n) is 27.1. The molecule has 0 aliphatic carbocycles. The lowest BCUT2D eigenvalue weighted by molar-refractivity contribution is -0.193. The van der Waals surface area contributed by atoms with Crippen LogP contribution in [-0.2, 0) is 41.6 Å². The van der Waals surface area contributed by atoms with Gasteiger partial charge in [-0.05, 0) is 96.8 Å². The number of aryl methyl sites for hydroxylation is 2. The molecule has 0 aliphatic heterocycles. The lowest BCUT2D eigenvalue weighted by atomic mass is 10.1. The van der Waals surface area contributed by atoms with Gasteiger partial charge in [0.2, 0.25) is 0 Å². The molecule has 0 aliphatic rings. The normalized spacial score (nSPS) is 10.5. The van der Waals surface area contributed by atoms with Crippen molar-refractivity contribution in [2.45, 2.75) is 26.7 Å². The number of hydrogen-bond donors (Lipinski definition) is 2. The quantitative estimate of drug-likeness (QED) is 0.138. The van der Waals surface area contributed by atoms with Crippen LogP contribution in [0.15, 0.2) is 60.7 Å². The molecule has 0 amide bonds. The minimum absolute atomic E-state index is 0.0348. The van der Waals surface area contributed by atoms with Gasteiger partial charge in [-0.25, -0.2) is 0 Å². The van der Waals surface area contributed by atoms with E-state index in [0.29, 0.717) is 4.34 Å². The number of hydrogen-bond acceptors (Lipinski definition) is 13. The molecule has 7 aromatic heterocycles. The number of rotatable bonds is 10. The fourth-order valence-electron chi connectivity index (χ4n) is 5.25. The number of carbonyl (C=O) groups excluding carboxylic acids is 4. The molecule has 0 unspecified atom stereocenters. The Hall–Kier alpha value is -3.82. The number of thiophene rings is 7. The summed E-state index contributed by atoms with van der Waals surface area (Å²) in [5, 5.41) is 19.0. The van der Waals surface area contributed by atoms with Crippen molar-refractivity contribution in [2.75, 3.05) is 0 Å². The van der Waals surface area contributed by atoms with Crippen molar-refractivity contribution in [3.05, 3.63) is 91.6 Å².